The van der Waals surface area contributed by atoms with Crippen LogP contribution in [-0.2, 0) is 13.2 Å². The van der Waals surface area contributed by atoms with Crippen molar-refractivity contribution in [2.24, 2.45) is 0 Å². The lowest BCUT2D eigenvalue weighted by Crippen LogP contribution is -2.36. The lowest BCUT2D eigenvalue weighted by molar-refractivity contribution is 0.205. The van der Waals surface area contributed by atoms with Crippen molar-refractivity contribution in [3.8, 4) is 5.75 Å². The number of hydroxylamine groups is 1. The van der Waals surface area contributed by atoms with E-state index in [9.17, 15) is 15.1 Å². The number of nitrogens with one attached hydrogen (secondary N) is 1. The summed E-state index contributed by atoms with van der Waals surface area (Å²) in [7, 11) is 1.42. The molecule has 0 saturated heterocycles. The van der Waals surface area contributed by atoms with Crippen molar-refractivity contribution in [3.05, 3.63) is 58.7 Å². The van der Waals surface area contributed by atoms with Gasteiger partial charge in [0.25, 0.3) is 0 Å². The molecule has 128 valence electrons. The molecule has 6 heteroatoms. The van der Waals surface area contributed by atoms with E-state index in [1.165, 1.54) is 7.05 Å². The topological polar surface area (TPSA) is 82.0 Å². The maximum atomic E-state index is 11.7. The van der Waals surface area contributed by atoms with Crippen LogP contribution in [0, 0.1) is 13.8 Å². The maximum Gasteiger partial charge on any atom is 0.345 e. The van der Waals surface area contributed by atoms with Crippen molar-refractivity contribution >= 4 is 11.7 Å². The molecule has 0 atom stereocenters. The van der Waals surface area contributed by atoms with Gasteiger partial charge in [-0.2, -0.15) is 5.06 Å². The first-order chi connectivity index (χ1) is 11.5. The van der Waals surface area contributed by atoms with Gasteiger partial charge in [-0.1, -0.05) is 29.8 Å². The molecule has 2 aromatic rings. The molecule has 0 bridgehead atoms. The number of hydrogen-bond donors (Lipinski definition) is 3. The van der Waals surface area contributed by atoms with Crippen LogP contribution in [0.25, 0.3) is 0 Å². The minimum Gasteiger partial charge on any atom is -0.489 e. The van der Waals surface area contributed by atoms with Gasteiger partial charge in [-0.15, -0.1) is 0 Å². The zero-order valence-corrected chi connectivity index (χ0v) is 14.0. The van der Waals surface area contributed by atoms with Crippen LogP contribution in [0.3, 0.4) is 0 Å². The molecule has 24 heavy (non-hydrogen) atoms. The number of rotatable bonds is 5. The Bertz CT molecular complexity index is 731. The van der Waals surface area contributed by atoms with Crippen molar-refractivity contribution in [2.45, 2.75) is 27.1 Å². The molecule has 0 aliphatic heterocycles. The zero-order chi connectivity index (χ0) is 17.7. The summed E-state index contributed by atoms with van der Waals surface area (Å²) in [6.45, 7) is 3.85. The molecule has 0 aromatic heterocycles. The standard InChI is InChI=1S/C18H22N2O4/c1-12-7-8-17(13(2)9-12)24-11-15-14(10-21)5-4-6-16(15)20(23)18(22)19-3/h4-9,21,23H,10-11H2,1-3H3,(H,19,22). The highest BCUT2D eigenvalue weighted by Gasteiger charge is 2.18. The van der Waals surface area contributed by atoms with Gasteiger partial charge in [0, 0.05) is 12.6 Å². The van der Waals surface area contributed by atoms with E-state index in [2.05, 4.69) is 5.32 Å². The van der Waals surface area contributed by atoms with Crippen LogP contribution < -0.4 is 15.1 Å². The van der Waals surface area contributed by atoms with E-state index in [0.29, 0.717) is 21.9 Å². The highest BCUT2D eigenvalue weighted by atomic mass is 16.5. The fraction of sp³-hybridized carbons (Fsp3) is 0.278. The Hall–Kier alpha value is -2.57. The van der Waals surface area contributed by atoms with Gasteiger partial charge < -0.3 is 15.2 Å². The number of anilines is 1. The van der Waals surface area contributed by atoms with Gasteiger partial charge in [0.15, 0.2) is 0 Å². The minimum atomic E-state index is -0.669. The summed E-state index contributed by atoms with van der Waals surface area (Å²) in [6.07, 6.45) is 0. The quantitative estimate of drug-likeness (QED) is 0.581. The normalized spacial score (nSPS) is 10.4. The highest BCUT2D eigenvalue weighted by Crippen LogP contribution is 2.27. The number of carbonyl (C=O) groups excluding carboxylic acids is 1. The number of carbonyl (C=O) groups is 1. The van der Waals surface area contributed by atoms with Gasteiger partial charge in [0.2, 0.25) is 0 Å². The van der Waals surface area contributed by atoms with E-state index in [4.69, 9.17) is 4.74 Å². The molecule has 0 spiro atoms. The summed E-state index contributed by atoms with van der Waals surface area (Å²) in [5.41, 5.74) is 3.53. The maximum absolute atomic E-state index is 11.7. The molecule has 2 rings (SSSR count). The molecule has 0 saturated carbocycles. The SMILES string of the molecule is CNC(=O)N(O)c1cccc(CO)c1COc1ccc(C)cc1C. The number of aliphatic hydroxyl groups is 1. The summed E-state index contributed by atoms with van der Waals surface area (Å²) in [5, 5.41) is 22.5. The third kappa shape index (κ3) is 3.84. The Morgan fingerprint density at radius 1 is 1.25 bits per heavy atom. The molecule has 2 amide bonds. The smallest absolute Gasteiger partial charge is 0.345 e. The predicted molar refractivity (Wildman–Crippen MR) is 91.3 cm³/mol. The molecule has 0 aliphatic rings. The zero-order valence-electron chi connectivity index (χ0n) is 14.0. The number of amides is 2. The van der Waals surface area contributed by atoms with Crippen molar-refractivity contribution in [1.82, 2.24) is 5.32 Å². The van der Waals surface area contributed by atoms with Crippen molar-refractivity contribution < 1.29 is 19.8 Å². The molecule has 3 N–H and O–H groups in total. The van der Waals surface area contributed by atoms with Crippen LogP contribution in [0.2, 0.25) is 0 Å². The van der Waals surface area contributed by atoms with Crippen LogP contribution in [-0.4, -0.2) is 23.4 Å². The fourth-order valence-corrected chi connectivity index (χ4v) is 2.46. The fourth-order valence-electron chi connectivity index (χ4n) is 2.46. The summed E-state index contributed by atoms with van der Waals surface area (Å²) >= 11 is 0. The number of aliphatic hydroxyl groups excluding tert-OH is 1. The predicted octanol–water partition coefficient (Wildman–Crippen LogP) is 2.91. The Kier molecular flexibility index (Phi) is 5.78. The lowest BCUT2D eigenvalue weighted by atomic mass is 10.1. The third-order valence-electron chi connectivity index (χ3n) is 3.76. The van der Waals surface area contributed by atoms with E-state index >= 15 is 0 Å². The summed E-state index contributed by atoms with van der Waals surface area (Å²) < 4.78 is 5.84. The Labute approximate surface area is 141 Å². The summed E-state index contributed by atoms with van der Waals surface area (Å²) in [4.78, 5) is 11.7. The van der Waals surface area contributed by atoms with Crippen molar-refractivity contribution in [1.29, 1.82) is 0 Å². The van der Waals surface area contributed by atoms with Crippen LogP contribution in [0.15, 0.2) is 36.4 Å². The van der Waals surface area contributed by atoms with E-state index in [0.717, 1.165) is 11.1 Å². The minimum absolute atomic E-state index is 0.115. The van der Waals surface area contributed by atoms with Gasteiger partial charge in [0.1, 0.15) is 12.4 Å². The number of ether oxygens (including phenoxy) is 1. The number of benzene rings is 2. The van der Waals surface area contributed by atoms with Gasteiger partial charge >= 0.3 is 6.03 Å². The van der Waals surface area contributed by atoms with Crippen LogP contribution in [0.4, 0.5) is 10.5 Å². The third-order valence-corrected chi connectivity index (χ3v) is 3.76. The first-order valence-corrected chi connectivity index (χ1v) is 7.60. The average molecular weight is 330 g/mol. The second-order valence-electron chi connectivity index (χ2n) is 5.50. The lowest BCUT2D eigenvalue weighted by Gasteiger charge is -2.20. The molecule has 0 unspecified atom stereocenters. The second-order valence-corrected chi connectivity index (χ2v) is 5.50. The molecule has 0 fully saturated rings. The molecular weight excluding hydrogens is 308 g/mol. The number of nitrogens with zero attached hydrogens (tertiary/aromatic N) is 1. The van der Waals surface area contributed by atoms with Gasteiger partial charge in [-0.3, -0.25) is 5.21 Å². The molecule has 0 heterocycles. The first kappa shape index (κ1) is 17.8. The summed E-state index contributed by atoms with van der Waals surface area (Å²) in [6, 6.07) is 10.1. The monoisotopic (exact) mass is 330 g/mol. The van der Waals surface area contributed by atoms with Crippen LogP contribution >= 0.6 is 0 Å². The summed E-state index contributed by atoms with van der Waals surface area (Å²) in [5.74, 6) is 0.712. The first-order valence-electron chi connectivity index (χ1n) is 7.60. The van der Waals surface area contributed by atoms with E-state index < -0.39 is 6.03 Å². The molecule has 6 nitrogen and oxygen atoms in total. The van der Waals surface area contributed by atoms with Gasteiger partial charge in [0.05, 0.1) is 12.3 Å². The largest absolute Gasteiger partial charge is 0.489 e. The average Bonchev–Trinajstić information content (AvgIpc) is 2.59. The molecule has 0 aliphatic carbocycles. The Balaban J connectivity index is 2.32. The van der Waals surface area contributed by atoms with Gasteiger partial charge in [-0.05, 0) is 37.1 Å². The van der Waals surface area contributed by atoms with E-state index in [-0.39, 0.29) is 18.9 Å². The molecule has 2 aromatic carbocycles. The van der Waals surface area contributed by atoms with Crippen molar-refractivity contribution in [2.75, 3.05) is 12.1 Å². The molecular formula is C18H22N2O4. The van der Waals surface area contributed by atoms with Gasteiger partial charge in [-0.25, -0.2) is 4.79 Å². The van der Waals surface area contributed by atoms with Crippen LogP contribution in [0.5, 0.6) is 5.75 Å². The number of urea groups is 1. The number of hydrogen-bond acceptors (Lipinski definition) is 4. The number of aryl methyl sites for hydroxylation is 2. The Morgan fingerprint density at radius 3 is 2.62 bits per heavy atom. The van der Waals surface area contributed by atoms with Crippen LogP contribution in [0.1, 0.15) is 22.3 Å². The Morgan fingerprint density at radius 2 is 2.00 bits per heavy atom. The van der Waals surface area contributed by atoms with Crippen molar-refractivity contribution in [3.63, 3.8) is 0 Å². The molecule has 0 radical (unpaired) electrons. The highest BCUT2D eigenvalue weighted by molar-refractivity contribution is 5.90. The van der Waals surface area contributed by atoms with E-state index in [1.54, 1.807) is 18.2 Å². The van der Waals surface area contributed by atoms with E-state index in [1.807, 2.05) is 32.0 Å². The second kappa shape index (κ2) is 7.81.